The maximum absolute atomic E-state index is 14.2. The summed E-state index contributed by atoms with van der Waals surface area (Å²) in [6.07, 6.45) is -49.5. The van der Waals surface area contributed by atoms with Crippen LogP contribution < -0.4 is 21.9 Å². The van der Waals surface area contributed by atoms with Gasteiger partial charge in [0.1, 0.15) is 36.4 Å². The normalized spacial score (nSPS) is 13.8. The molecule has 0 spiro atoms. The van der Waals surface area contributed by atoms with E-state index in [1.807, 2.05) is 0 Å². The summed E-state index contributed by atoms with van der Waals surface area (Å²) >= 11 is 3.48. The third-order valence-corrected chi connectivity index (χ3v) is 10.2. The first-order chi connectivity index (χ1) is 29.0. The molecular weight excluding hydrogens is 1040 g/mol. The monoisotopic (exact) mass is 1060 g/mol. The molecule has 4 rings (SSSR count). The fraction of sp³-hybridized carbons (Fsp3) is 0.351. The molecule has 0 aliphatic carbocycles. The van der Waals surface area contributed by atoms with Gasteiger partial charge < -0.3 is 0 Å². The highest BCUT2D eigenvalue weighted by Gasteiger charge is 2.47. The zero-order valence-corrected chi connectivity index (χ0v) is 34.3. The summed E-state index contributed by atoms with van der Waals surface area (Å²) in [5, 5.41) is 1.05. The van der Waals surface area contributed by atoms with Gasteiger partial charge in [-0.2, -0.15) is 131 Å². The van der Waals surface area contributed by atoms with Gasteiger partial charge in [0.2, 0.25) is 0 Å². The zero-order valence-electron chi connectivity index (χ0n) is 31.9. The molecule has 1 nitrogen and oxygen atoms in total. The third-order valence-electron chi connectivity index (χ3n) is 9.04. The lowest BCUT2D eigenvalue weighted by atomic mass is 9.12. The van der Waals surface area contributed by atoms with Crippen LogP contribution in [-0.2, 0) is 64.8 Å². The van der Waals surface area contributed by atoms with Crippen LogP contribution in [0.4, 0.5) is 105 Å². The van der Waals surface area contributed by atoms with Crippen molar-refractivity contribution in [3.05, 3.63) is 117 Å². The Hall–Kier alpha value is -3.95. The second-order valence-electron chi connectivity index (χ2n) is 13.8. The fourth-order valence-corrected chi connectivity index (χ4v) is 7.03. The number of benzene rings is 4. The number of hydrogen-bond acceptors (Lipinski definition) is 1. The van der Waals surface area contributed by atoms with E-state index < -0.39 is 195 Å². The Morgan fingerprint density at radius 2 is 0.523 bits per heavy atom. The average molecular weight is 1060 g/mol. The smallest absolute Gasteiger partial charge is 0.194 e. The lowest BCUT2D eigenvalue weighted by molar-refractivity contribution is -0.144. The largest absolute Gasteiger partial charge is 0.416 e. The van der Waals surface area contributed by atoms with Crippen molar-refractivity contribution in [1.29, 1.82) is 0 Å². The van der Waals surface area contributed by atoms with Gasteiger partial charge in [0, 0.05) is 5.33 Å². The van der Waals surface area contributed by atoms with E-state index in [9.17, 15) is 105 Å². The van der Waals surface area contributed by atoms with Gasteiger partial charge in [0.15, 0.2) is 0 Å². The lowest BCUT2D eigenvalue weighted by Crippen LogP contribution is -2.75. The molecule has 0 saturated heterocycles. The summed E-state index contributed by atoms with van der Waals surface area (Å²) in [6, 6.07) is -8.81. The quantitative estimate of drug-likeness (QED) is 0.0562. The molecule has 0 fully saturated rings. The molecule has 0 unspecified atom stereocenters. The summed E-state index contributed by atoms with van der Waals surface area (Å²) in [7, 11) is 0. The molecule has 0 aliphatic rings. The molecule has 4 aromatic rings. The van der Waals surface area contributed by atoms with Crippen molar-refractivity contribution < 1.29 is 110 Å². The standard InChI is InChI=1S/C32H12BF24.C5H12BrOS/c34-25(35,36)13-1-14(26(37,38)39)6-21(5-13)33(22-7-15(27(40,41)42)2-16(8-22)28(43,44)45,23-9-17(29(46,47)48)3-18(10-23)30(49,50)51)24-11-19(31(52,53)54)4-20(12-24)32(55,56)57;1-8(2)7-5-3-4-6/h1-12H;3-5H2,1-2H3/q-1;+1. The average Bonchev–Trinajstić information content (AvgIpc) is 3.12. The number of alkyl halides is 25. The summed E-state index contributed by atoms with van der Waals surface area (Å²) in [5.74, 6) is 0. The molecule has 0 amide bonds. The van der Waals surface area contributed by atoms with Gasteiger partial charge in [0.25, 0.3) is 0 Å². The van der Waals surface area contributed by atoms with E-state index in [-0.39, 0.29) is 11.2 Å². The Morgan fingerprint density at radius 3 is 0.646 bits per heavy atom. The maximum atomic E-state index is 14.2. The molecule has 0 bridgehead atoms. The van der Waals surface area contributed by atoms with Crippen molar-refractivity contribution in [2.75, 3.05) is 24.4 Å². The van der Waals surface area contributed by atoms with Gasteiger partial charge in [-0.05, 0) is 30.7 Å². The van der Waals surface area contributed by atoms with Gasteiger partial charge in [-0.1, -0.05) is 64.5 Å². The van der Waals surface area contributed by atoms with Crippen molar-refractivity contribution in [2.45, 2.75) is 55.8 Å². The van der Waals surface area contributed by atoms with Gasteiger partial charge in [-0.3, -0.25) is 0 Å². The van der Waals surface area contributed by atoms with E-state index >= 15 is 0 Å². The van der Waals surface area contributed by atoms with Crippen LogP contribution in [0.2, 0.25) is 0 Å². The van der Waals surface area contributed by atoms with Crippen LogP contribution in [0.5, 0.6) is 0 Å². The molecule has 362 valence electrons. The van der Waals surface area contributed by atoms with Gasteiger partial charge in [0.05, 0.1) is 44.5 Å². The Kier molecular flexibility index (Phi) is 16.2. The minimum atomic E-state index is -6.13. The predicted octanol–water partition coefficient (Wildman–Crippen LogP) is 12.8. The van der Waals surface area contributed by atoms with Gasteiger partial charge in [-0.15, -0.1) is 0 Å². The molecule has 28 heteroatoms. The van der Waals surface area contributed by atoms with Crippen molar-refractivity contribution in [3.63, 3.8) is 0 Å². The maximum Gasteiger partial charge on any atom is 0.416 e. The predicted molar refractivity (Wildman–Crippen MR) is 194 cm³/mol. The van der Waals surface area contributed by atoms with Crippen LogP contribution in [0.3, 0.4) is 0 Å². The van der Waals surface area contributed by atoms with E-state index in [1.54, 1.807) is 0 Å². The highest BCUT2D eigenvalue weighted by molar-refractivity contribution is 9.09. The van der Waals surface area contributed by atoms with Crippen LogP contribution in [0, 0.1) is 0 Å². The Bertz CT molecular complexity index is 1840. The van der Waals surface area contributed by atoms with Crippen LogP contribution in [-0.4, -0.2) is 30.6 Å². The summed E-state index contributed by atoms with van der Waals surface area (Å²) < 4.78 is 346. The van der Waals surface area contributed by atoms with Crippen LogP contribution in [0.1, 0.15) is 50.9 Å². The molecule has 65 heavy (non-hydrogen) atoms. The minimum absolute atomic E-state index is 0.162. The molecule has 0 atom stereocenters. The molecule has 0 aliphatic heterocycles. The molecular formula is C37H24BBrF24OS. The third kappa shape index (κ3) is 13.8. The highest BCUT2D eigenvalue weighted by atomic mass is 79.9. The first-order valence-electron chi connectivity index (χ1n) is 17.2. The molecule has 0 saturated carbocycles. The Balaban J connectivity index is 0.00000128. The van der Waals surface area contributed by atoms with Crippen molar-refractivity contribution in [3.8, 4) is 0 Å². The van der Waals surface area contributed by atoms with Crippen LogP contribution >= 0.6 is 15.9 Å². The summed E-state index contributed by atoms with van der Waals surface area (Å²) in [6.45, 7) is 0.890. The highest BCUT2D eigenvalue weighted by Crippen LogP contribution is 2.41. The second kappa shape index (κ2) is 19.0. The topological polar surface area (TPSA) is 9.23 Å². The summed E-state index contributed by atoms with van der Waals surface area (Å²) in [5.41, 5.74) is -30.2. The van der Waals surface area contributed by atoms with Crippen molar-refractivity contribution in [1.82, 2.24) is 0 Å². The Labute approximate surface area is 361 Å². The second-order valence-corrected chi connectivity index (χ2v) is 16.3. The van der Waals surface area contributed by atoms with Crippen molar-refractivity contribution >= 4 is 55.1 Å². The molecule has 0 aromatic heterocycles. The van der Waals surface area contributed by atoms with E-state index in [2.05, 4.69) is 28.4 Å². The van der Waals surface area contributed by atoms with E-state index in [0.29, 0.717) is 0 Å². The number of hydrogen-bond donors (Lipinski definition) is 0. The van der Waals surface area contributed by atoms with Gasteiger partial charge in [-0.25, -0.2) is 0 Å². The van der Waals surface area contributed by atoms with E-state index in [4.69, 9.17) is 4.18 Å². The molecule has 0 N–H and O–H groups in total. The Morgan fingerprint density at radius 1 is 0.354 bits per heavy atom. The summed E-state index contributed by atoms with van der Waals surface area (Å²) in [4.78, 5) is 0. The van der Waals surface area contributed by atoms with Crippen LogP contribution in [0.25, 0.3) is 0 Å². The molecule has 0 radical (unpaired) electrons. The first kappa shape index (κ1) is 55.4. The number of halogens is 25. The fourth-order valence-electron chi connectivity index (χ4n) is 6.35. The molecule has 4 aromatic carbocycles. The first-order valence-corrected chi connectivity index (χ1v) is 20.2. The van der Waals surface area contributed by atoms with E-state index in [1.165, 1.54) is 0 Å². The minimum Gasteiger partial charge on any atom is -0.194 e. The van der Waals surface area contributed by atoms with Crippen LogP contribution in [0.15, 0.2) is 72.8 Å². The lowest BCUT2D eigenvalue weighted by Gasteiger charge is -2.46. The van der Waals surface area contributed by atoms with Gasteiger partial charge >= 0.3 is 49.4 Å². The number of rotatable bonds is 8. The van der Waals surface area contributed by atoms with Crippen molar-refractivity contribution in [2.24, 2.45) is 0 Å². The SMILES string of the molecule is C[S+](C)OCCCBr.FC(F)(F)c1cc([B-](c2cc(C(F)(F)F)cc(C(F)(F)F)c2)(c2cc(C(F)(F)F)cc(C(F)(F)F)c2)c2cc(C(F)(F)F)cc(C(F)(F)F)c2)cc(C(F)(F)F)c1. The zero-order chi connectivity index (χ0) is 50.3. The van der Waals surface area contributed by atoms with E-state index in [0.717, 1.165) is 18.4 Å². The molecule has 0 heterocycles.